The van der Waals surface area contributed by atoms with Gasteiger partial charge in [-0.25, -0.2) is 9.59 Å². The Morgan fingerprint density at radius 3 is 2.39 bits per heavy atom. The minimum absolute atomic E-state index is 0.0170. The van der Waals surface area contributed by atoms with E-state index in [2.05, 4.69) is 10.1 Å². The van der Waals surface area contributed by atoms with Gasteiger partial charge in [0.25, 0.3) is 5.91 Å². The Hall–Kier alpha value is -2.80. The molecule has 0 aliphatic heterocycles. The van der Waals surface area contributed by atoms with E-state index in [9.17, 15) is 14.4 Å². The molecule has 1 aromatic heterocycles. The average Bonchev–Trinajstić information content (AvgIpc) is 3.14. The molecule has 1 unspecified atom stereocenters. The second-order valence-electron chi connectivity index (χ2n) is 6.53. The minimum Gasteiger partial charge on any atom is -0.463 e. The summed E-state index contributed by atoms with van der Waals surface area (Å²) >= 11 is 5.83. The van der Waals surface area contributed by atoms with Crippen LogP contribution in [0.3, 0.4) is 0 Å². The van der Waals surface area contributed by atoms with Crippen molar-refractivity contribution in [2.24, 2.45) is 5.92 Å². The SMILES string of the molecule is COC(=O)c1ccc(COC(=O)C(CC(C)C)NC(=O)c2ccc(Cl)cc2)o1. The number of nitrogens with one attached hydrogen (secondary N) is 1. The molecular weight excluding hydrogens is 386 g/mol. The van der Waals surface area contributed by atoms with Crippen LogP contribution < -0.4 is 5.32 Å². The van der Waals surface area contributed by atoms with E-state index < -0.39 is 23.9 Å². The molecule has 1 heterocycles. The van der Waals surface area contributed by atoms with Crippen molar-refractivity contribution in [1.29, 1.82) is 0 Å². The van der Waals surface area contributed by atoms with Crippen molar-refractivity contribution < 1.29 is 28.3 Å². The number of rotatable bonds is 8. The number of hydrogen-bond donors (Lipinski definition) is 1. The monoisotopic (exact) mass is 407 g/mol. The molecule has 150 valence electrons. The van der Waals surface area contributed by atoms with Gasteiger partial charge in [-0.05, 0) is 48.7 Å². The molecule has 0 radical (unpaired) electrons. The highest BCUT2D eigenvalue weighted by atomic mass is 35.5. The molecule has 0 bridgehead atoms. The molecule has 1 aromatic carbocycles. The van der Waals surface area contributed by atoms with E-state index >= 15 is 0 Å². The number of benzene rings is 1. The van der Waals surface area contributed by atoms with Gasteiger partial charge in [0.15, 0.2) is 0 Å². The predicted octanol–water partition coefficient (Wildman–Crippen LogP) is 3.61. The van der Waals surface area contributed by atoms with Crippen LogP contribution in [-0.4, -0.2) is 31.0 Å². The standard InChI is InChI=1S/C20H22ClNO6/c1-12(2)10-16(22-18(23)13-4-6-14(21)7-5-13)19(24)27-11-15-8-9-17(28-15)20(25)26-3/h4-9,12,16H,10-11H2,1-3H3,(H,22,23). The van der Waals surface area contributed by atoms with E-state index in [0.717, 1.165) is 0 Å². The first-order valence-corrected chi connectivity index (χ1v) is 9.08. The van der Waals surface area contributed by atoms with Crippen LogP contribution in [0, 0.1) is 5.92 Å². The summed E-state index contributed by atoms with van der Waals surface area (Å²) in [6.07, 6.45) is 0.406. The first-order valence-electron chi connectivity index (χ1n) is 8.70. The van der Waals surface area contributed by atoms with Gasteiger partial charge in [0.05, 0.1) is 7.11 Å². The van der Waals surface area contributed by atoms with Crippen molar-refractivity contribution >= 4 is 29.4 Å². The number of esters is 2. The van der Waals surface area contributed by atoms with E-state index in [-0.39, 0.29) is 18.3 Å². The molecule has 0 spiro atoms. The molecule has 0 fully saturated rings. The third-order valence-electron chi connectivity index (χ3n) is 3.81. The number of ether oxygens (including phenoxy) is 2. The fourth-order valence-corrected chi connectivity index (χ4v) is 2.56. The zero-order valence-electron chi connectivity index (χ0n) is 15.9. The van der Waals surface area contributed by atoms with Gasteiger partial charge in [0.2, 0.25) is 5.76 Å². The van der Waals surface area contributed by atoms with E-state index in [0.29, 0.717) is 22.8 Å². The van der Waals surface area contributed by atoms with Crippen molar-refractivity contribution in [2.75, 3.05) is 7.11 Å². The Morgan fingerprint density at radius 1 is 1.11 bits per heavy atom. The largest absolute Gasteiger partial charge is 0.463 e. The van der Waals surface area contributed by atoms with Gasteiger partial charge in [-0.3, -0.25) is 4.79 Å². The van der Waals surface area contributed by atoms with Crippen molar-refractivity contribution in [2.45, 2.75) is 32.9 Å². The maximum absolute atomic E-state index is 12.5. The number of furan rings is 1. The molecule has 1 atom stereocenters. The maximum Gasteiger partial charge on any atom is 0.373 e. The number of halogens is 1. The van der Waals surface area contributed by atoms with Crippen LogP contribution in [0.2, 0.25) is 5.02 Å². The highest BCUT2D eigenvalue weighted by molar-refractivity contribution is 6.30. The van der Waals surface area contributed by atoms with Gasteiger partial charge in [-0.2, -0.15) is 0 Å². The van der Waals surface area contributed by atoms with Crippen molar-refractivity contribution in [3.05, 3.63) is 58.5 Å². The van der Waals surface area contributed by atoms with Crippen molar-refractivity contribution in [3.8, 4) is 0 Å². The van der Waals surface area contributed by atoms with Gasteiger partial charge >= 0.3 is 11.9 Å². The molecule has 7 nitrogen and oxygen atoms in total. The molecule has 28 heavy (non-hydrogen) atoms. The van der Waals surface area contributed by atoms with Crippen LogP contribution in [0.25, 0.3) is 0 Å². The van der Waals surface area contributed by atoms with Crippen LogP contribution in [0.5, 0.6) is 0 Å². The lowest BCUT2D eigenvalue weighted by Gasteiger charge is -2.19. The summed E-state index contributed by atoms with van der Waals surface area (Å²) in [7, 11) is 1.24. The Morgan fingerprint density at radius 2 is 1.79 bits per heavy atom. The zero-order valence-corrected chi connectivity index (χ0v) is 16.6. The topological polar surface area (TPSA) is 94.8 Å². The lowest BCUT2D eigenvalue weighted by molar-refractivity contribution is -0.148. The second kappa shape index (κ2) is 9.94. The third-order valence-corrected chi connectivity index (χ3v) is 4.06. The van der Waals surface area contributed by atoms with E-state index in [1.165, 1.54) is 19.2 Å². The Kier molecular flexibility index (Phi) is 7.63. The lowest BCUT2D eigenvalue weighted by Crippen LogP contribution is -2.42. The first-order chi connectivity index (χ1) is 13.3. The highest BCUT2D eigenvalue weighted by Gasteiger charge is 2.24. The molecule has 2 aromatic rings. The third kappa shape index (κ3) is 6.13. The maximum atomic E-state index is 12.5. The van der Waals surface area contributed by atoms with Gasteiger partial charge in [-0.15, -0.1) is 0 Å². The number of amides is 1. The fraction of sp³-hybridized carbons (Fsp3) is 0.350. The summed E-state index contributed by atoms with van der Waals surface area (Å²) in [5.41, 5.74) is 0.389. The van der Waals surface area contributed by atoms with Gasteiger partial charge in [-0.1, -0.05) is 25.4 Å². The molecule has 0 aliphatic carbocycles. The van der Waals surface area contributed by atoms with Gasteiger partial charge in [0, 0.05) is 10.6 Å². The van der Waals surface area contributed by atoms with E-state index in [1.54, 1.807) is 24.3 Å². The number of hydrogen-bond acceptors (Lipinski definition) is 6. The summed E-state index contributed by atoms with van der Waals surface area (Å²) in [4.78, 5) is 36.3. The van der Waals surface area contributed by atoms with Crippen LogP contribution in [0.1, 0.15) is 46.9 Å². The molecule has 2 rings (SSSR count). The van der Waals surface area contributed by atoms with E-state index in [4.69, 9.17) is 20.8 Å². The van der Waals surface area contributed by atoms with Crippen LogP contribution in [0.4, 0.5) is 0 Å². The smallest absolute Gasteiger partial charge is 0.373 e. The first kappa shape index (κ1) is 21.5. The summed E-state index contributed by atoms with van der Waals surface area (Å²) in [6, 6.07) is 8.48. The lowest BCUT2D eigenvalue weighted by atomic mass is 10.0. The van der Waals surface area contributed by atoms with Crippen molar-refractivity contribution in [3.63, 3.8) is 0 Å². The molecule has 1 N–H and O–H groups in total. The van der Waals surface area contributed by atoms with Crippen LogP contribution >= 0.6 is 11.6 Å². The Balaban J connectivity index is 2.00. The Labute approximate surface area is 167 Å². The Bertz CT molecular complexity index is 827. The van der Waals surface area contributed by atoms with Crippen LogP contribution in [-0.2, 0) is 20.9 Å². The quantitative estimate of drug-likeness (QED) is 0.672. The fourth-order valence-electron chi connectivity index (χ4n) is 2.44. The van der Waals surface area contributed by atoms with Crippen LogP contribution in [0.15, 0.2) is 40.8 Å². The summed E-state index contributed by atoms with van der Waals surface area (Å²) in [6.45, 7) is 3.70. The van der Waals surface area contributed by atoms with Gasteiger partial charge < -0.3 is 19.2 Å². The summed E-state index contributed by atoms with van der Waals surface area (Å²) < 4.78 is 15.1. The normalized spacial score (nSPS) is 11.8. The number of carbonyl (C=O) groups is 3. The predicted molar refractivity (Wildman–Crippen MR) is 102 cm³/mol. The van der Waals surface area contributed by atoms with Crippen molar-refractivity contribution in [1.82, 2.24) is 5.32 Å². The molecule has 0 saturated heterocycles. The molecule has 8 heteroatoms. The minimum atomic E-state index is -0.821. The van der Waals surface area contributed by atoms with Gasteiger partial charge in [0.1, 0.15) is 18.4 Å². The number of methoxy groups -OCH3 is 1. The number of carbonyl (C=O) groups excluding carboxylic acids is 3. The van der Waals surface area contributed by atoms with E-state index in [1.807, 2.05) is 13.8 Å². The molecule has 0 saturated carbocycles. The highest BCUT2D eigenvalue weighted by Crippen LogP contribution is 2.14. The molecule has 0 aliphatic rings. The summed E-state index contributed by atoms with van der Waals surface area (Å²) in [5, 5.41) is 3.20. The zero-order chi connectivity index (χ0) is 20.7. The second-order valence-corrected chi connectivity index (χ2v) is 6.96. The molecule has 1 amide bonds. The molecular formula is C20H22ClNO6. The summed E-state index contributed by atoms with van der Waals surface area (Å²) in [5.74, 6) is -1.15. The average molecular weight is 408 g/mol.